The number of aryl methyl sites for hydroxylation is 3. The first-order chi connectivity index (χ1) is 18.2. The highest BCUT2D eigenvalue weighted by atomic mass is 16.3. The topological polar surface area (TPSA) is 20.2 Å². The van der Waals surface area contributed by atoms with Crippen molar-refractivity contribution in [1.82, 2.24) is 0 Å². The molecule has 0 amide bonds. The lowest BCUT2D eigenvalue weighted by Gasteiger charge is -2.14. The largest absolute Gasteiger partial charge is 0.507 e. The zero-order valence-electron chi connectivity index (χ0n) is 25.7. The molecule has 0 fully saturated rings. The van der Waals surface area contributed by atoms with Gasteiger partial charge in [-0.3, -0.25) is 0 Å². The van der Waals surface area contributed by atoms with Gasteiger partial charge < -0.3 is 5.11 Å². The average molecular weight is 515 g/mol. The fourth-order valence-corrected chi connectivity index (χ4v) is 5.72. The second-order valence-corrected chi connectivity index (χ2v) is 11.9. The summed E-state index contributed by atoms with van der Waals surface area (Å²) in [4.78, 5) is 0. The normalized spacial score (nSPS) is 11.4. The fourth-order valence-electron chi connectivity index (χ4n) is 5.72. The summed E-state index contributed by atoms with van der Waals surface area (Å²) >= 11 is 0. The second-order valence-electron chi connectivity index (χ2n) is 11.9. The van der Waals surface area contributed by atoms with E-state index in [1.807, 2.05) is 0 Å². The fraction of sp³-hybridized carbons (Fsp3) is 0.833. The van der Waals surface area contributed by atoms with Gasteiger partial charge in [-0.25, -0.2) is 0 Å². The molecule has 1 nitrogen and oxygen atoms in total. The van der Waals surface area contributed by atoms with Crippen LogP contribution in [0.4, 0.5) is 0 Å². The van der Waals surface area contributed by atoms with Gasteiger partial charge >= 0.3 is 0 Å². The molecule has 0 atom stereocenters. The summed E-state index contributed by atoms with van der Waals surface area (Å²) in [6.45, 7) is 6.87. The van der Waals surface area contributed by atoms with Crippen molar-refractivity contribution < 1.29 is 5.11 Å². The first kappa shape index (κ1) is 34.0. The molecule has 0 bridgehead atoms. The van der Waals surface area contributed by atoms with Crippen molar-refractivity contribution in [2.75, 3.05) is 0 Å². The Morgan fingerprint density at radius 1 is 0.378 bits per heavy atom. The second kappa shape index (κ2) is 25.3. The minimum absolute atomic E-state index is 0.630. The molecule has 1 N–H and O–H groups in total. The molecule has 0 saturated heterocycles. The molecule has 0 aliphatic heterocycles. The van der Waals surface area contributed by atoms with Gasteiger partial charge in [0, 0.05) is 0 Å². The van der Waals surface area contributed by atoms with Crippen LogP contribution in [0.5, 0.6) is 5.75 Å². The van der Waals surface area contributed by atoms with Crippen LogP contribution >= 0.6 is 0 Å². The molecule has 0 heterocycles. The first-order valence-electron chi connectivity index (χ1n) is 17.1. The number of hydrogen-bond donors (Lipinski definition) is 1. The predicted octanol–water partition coefficient (Wildman–Crippen LogP) is 12.4. The minimum atomic E-state index is 0.630. The Morgan fingerprint density at radius 2 is 0.649 bits per heavy atom. The van der Waals surface area contributed by atoms with Gasteiger partial charge in [0.15, 0.2) is 0 Å². The number of unbranched alkanes of at least 4 members (excludes halogenated alkanes) is 21. The maximum absolute atomic E-state index is 11.1. The van der Waals surface area contributed by atoms with Crippen LogP contribution in [0, 0.1) is 0 Å². The van der Waals surface area contributed by atoms with Crippen LogP contribution in [-0.2, 0) is 19.3 Å². The smallest absolute Gasteiger partial charge is 0.121 e. The molecule has 1 aromatic rings. The van der Waals surface area contributed by atoms with Crippen molar-refractivity contribution in [3.63, 3.8) is 0 Å². The lowest BCUT2D eigenvalue weighted by molar-refractivity contribution is 0.456. The van der Waals surface area contributed by atoms with Crippen molar-refractivity contribution in [2.24, 2.45) is 0 Å². The highest BCUT2D eigenvalue weighted by Crippen LogP contribution is 2.29. The zero-order chi connectivity index (χ0) is 26.8. The minimum Gasteiger partial charge on any atom is -0.507 e. The molecule has 1 heteroatoms. The highest BCUT2D eigenvalue weighted by Gasteiger charge is 2.11. The Kier molecular flexibility index (Phi) is 23.3. The summed E-state index contributed by atoms with van der Waals surface area (Å²) in [5.41, 5.74) is 3.95. The lowest BCUT2D eigenvalue weighted by Crippen LogP contribution is -1.98. The van der Waals surface area contributed by atoms with Gasteiger partial charge in [0.2, 0.25) is 0 Å². The SMILES string of the molecule is CCCCCCCCCCc1cc(CCCCCCCCCC)c(O)c(CCCCCCCCCC)c1. The Morgan fingerprint density at radius 3 is 0.973 bits per heavy atom. The Labute approximate surface area is 233 Å². The van der Waals surface area contributed by atoms with Crippen molar-refractivity contribution in [1.29, 1.82) is 0 Å². The van der Waals surface area contributed by atoms with E-state index in [4.69, 9.17) is 0 Å². The molecule has 37 heavy (non-hydrogen) atoms. The molecule has 1 aromatic carbocycles. The van der Waals surface area contributed by atoms with Crippen LogP contribution in [0.3, 0.4) is 0 Å². The Balaban J connectivity index is 2.51. The summed E-state index contributed by atoms with van der Waals surface area (Å²) < 4.78 is 0. The van der Waals surface area contributed by atoms with E-state index in [0.29, 0.717) is 5.75 Å². The molecule has 1 rings (SSSR count). The van der Waals surface area contributed by atoms with Crippen LogP contribution in [0.1, 0.15) is 192 Å². The third-order valence-electron chi connectivity index (χ3n) is 8.25. The standard InChI is InChI=1S/C36H66O/c1-4-7-10-13-16-19-22-25-28-33-31-34(29-26-23-20-17-14-11-8-5-2)36(37)35(32-33)30-27-24-21-18-15-12-9-6-3/h31-32,37H,4-30H2,1-3H3. The van der Waals surface area contributed by atoms with Crippen molar-refractivity contribution in [3.05, 3.63) is 28.8 Å². The third kappa shape index (κ3) is 18.8. The van der Waals surface area contributed by atoms with Gasteiger partial charge in [-0.15, -0.1) is 0 Å². The number of benzene rings is 1. The number of rotatable bonds is 27. The van der Waals surface area contributed by atoms with E-state index in [1.54, 1.807) is 0 Å². The van der Waals surface area contributed by atoms with E-state index < -0.39 is 0 Å². The third-order valence-corrected chi connectivity index (χ3v) is 8.25. The van der Waals surface area contributed by atoms with Crippen molar-refractivity contribution in [3.8, 4) is 5.75 Å². The van der Waals surface area contributed by atoms with Crippen molar-refractivity contribution >= 4 is 0 Å². The van der Waals surface area contributed by atoms with Gasteiger partial charge in [0.05, 0.1) is 0 Å². The molecule has 0 spiro atoms. The van der Waals surface area contributed by atoms with E-state index in [-0.39, 0.29) is 0 Å². The molecule has 0 aromatic heterocycles. The quantitative estimate of drug-likeness (QED) is 0.116. The molecule has 0 radical (unpaired) electrons. The molecule has 0 aliphatic rings. The Hall–Kier alpha value is -0.980. The summed E-state index contributed by atoms with van der Waals surface area (Å²) in [5.74, 6) is 0.630. The van der Waals surface area contributed by atoms with Crippen LogP contribution in [0.15, 0.2) is 12.1 Å². The lowest BCUT2D eigenvalue weighted by atomic mass is 9.93. The molecule has 216 valence electrons. The maximum atomic E-state index is 11.1. The van der Waals surface area contributed by atoms with Gasteiger partial charge in [-0.1, -0.05) is 168 Å². The van der Waals surface area contributed by atoms with Gasteiger partial charge in [-0.05, 0) is 55.2 Å². The number of phenolic OH excluding ortho intramolecular Hbond substituents is 1. The summed E-state index contributed by atoms with van der Waals surface area (Å²) in [6, 6.07) is 4.71. The van der Waals surface area contributed by atoms with Crippen LogP contribution < -0.4 is 0 Å². The molecule has 0 saturated carbocycles. The van der Waals surface area contributed by atoms with E-state index >= 15 is 0 Å². The molecular formula is C36H66O. The van der Waals surface area contributed by atoms with Crippen LogP contribution in [-0.4, -0.2) is 5.11 Å². The summed E-state index contributed by atoms with van der Waals surface area (Å²) in [6.07, 6.45) is 35.9. The van der Waals surface area contributed by atoms with E-state index in [1.165, 1.54) is 177 Å². The molecular weight excluding hydrogens is 448 g/mol. The monoisotopic (exact) mass is 515 g/mol. The van der Waals surface area contributed by atoms with Crippen LogP contribution in [0.25, 0.3) is 0 Å². The van der Waals surface area contributed by atoms with E-state index in [0.717, 1.165) is 12.8 Å². The maximum Gasteiger partial charge on any atom is 0.121 e. The van der Waals surface area contributed by atoms with Gasteiger partial charge in [-0.2, -0.15) is 0 Å². The summed E-state index contributed by atoms with van der Waals surface area (Å²) in [5, 5.41) is 11.1. The molecule has 0 aliphatic carbocycles. The van der Waals surface area contributed by atoms with Gasteiger partial charge in [0.25, 0.3) is 0 Å². The number of phenols is 1. The van der Waals surface area contributed by atoms with E-state index in [9.17, 15) is 5.11 Å². The number of hydrogen-bond acceptors (Lipinski definition) is 1. The first-order valence-corrected chi connectivity index (χ1v) is 17.1. The predicted molar refractivity (Wildman–Crippen MR) is 167 cm³/mol. The average Bonchev–Trinajstić information content (AvgIpc) is 2.90. The van der Waals surface area contributed by atoms with E-state index in [2.05, 4.69) is 32.9 Å². The summed E-state index contributed by atoms with van der Waals surface area (Å²) in [7, 11) is 0. The zero-order valence-corrected chi connectivity index (χ0v) is 25.7. The molecule has 0 unspecified atom stereocenters. The van der Waals surface area contributed by atoms with Crippen LogP contribution in [0.2, 0.25) is 0 Å². The number of aromatic hydroxyl groups is 1. The van der Waals surface area contributed by atoms with Crippen molar-refractivity contribution in [2.45, 2.75) is 194 Å². The van der Waals surface area contributed by atoms with Gasteiger partial charge in [0.1, 0.15) is 5.75 Å². The Bertz CT molecular complexity index is 578. The highest BCUT2D eigenvalue weighted by molar-refractivity contribution is 5.44.